The predicted molar refractivity (Wildman–Crippen MR) is 59.9 cm³/mol. The molecule has 1 aromatic rings. The van der Waals surface area contributed by atoms with Crippen LogP contribution in [0.5, 0.6) is 0 Å². The highest BCUT2D eigenvalue weighted by molar-refractivity contribution is 5.49. The number of aryl methyl sites for hydroxylation is 1. The van der Waals surface area contributed by atoms with Gasteiger partial charge in [-0.05, 0) is 31.5 Å². The van der Waals surface area contributed by atoms with E-state index in [4.69, 9.17) is 0 Å². The first-order chi connectivity index (χ1) is 6.77. The minimum absolute atomic E-state index is 0.547. The molecule has 0 aromatic heterocycles. The molecule has 1 aliphatic rings. The van der Waals surface area contributed by atoms with Crippen molar-refractivity contribution in [2.45, 2.75) is 19.9 Å². The van der Waals surface area contributed by atoms with Gasteiger partial charge in [0.1, 0.15) is 0 Å². The van der Waals surface area contributed by atoms with Crippen LogP contribution in [0.1, 0.15) is 12.5 Å². The Hall–Kier alpha value is -1.02. The van der Waals surface area contributed by atoms with Crippen molar-refractivity contribution in [3.8, 4) is 0 Å². The van der Waals surface area contributed by atoms with Gasteiger partial charge < -0.3 is 4.90 Å². The van der Waals surface area contributed by atoms with Crippen LogP contribution in [0.25, 0.3) is 0 Å². The zero-order valence-electron chi connectivity index (χ0n) is 8.90. The van der Waals surface area contributed by atoms with Gasteiger partial charge in [0.2, 0.25) is 0 Å². The molecule has 2 nitrogen and oxygen atoms in total. The van der Waals surface area contributed by atoms with Gasteiger partial charge in [-0.3, -0.25) is 0 Å². The van der Waals surface area contributed by atoms with Crippen molar-refractivity contribution in [2.75, 3.05) is 24.5 Å². The molecule has 0 spiro atoms. The first-order valence-corrected chi connectivity index (χ1v) is 5.24. The molecule has 1 saturated heterocycles. The van der Waals surface area contributed by atoms with Crippen LogP contribution in [0.3, 0.4) is 0 Å². The van der Waals surface area contributed by atoms with E-state index in [1.54, 1.807) is 0 Å². The van der Waals surface area contributed by atoms with Gasteiger partial charge in [-0.25, -0.2) is 5.32 Å². The molecule has 1 aromatic carbocycles. The third kappa shape index (κ3) is 1.90. The maximum absolute atomic E-state index is 4.41. The topological polar surface area (TPSA) is 17.3 Å². The van der Waals surface area contributed by atoms with Crippen LogP contribution < -0.4 is 10.2 Å². The second-order valence-corrected chi connectivity index (χ2v) is 4.01. The van der Waals surface area contributed by atoms with E-state index in [1.807, 2.05) is 0 Å². The van der Waals surface area contributed by atoms with Gasteiger partial charge in [0.05, 0.1) is 0 Å². The summed E-state index contributed by atoms with van der Waals surface area (Å²) in [5.74, 6) is 0. The summed E-state index contributed by atoms with van der Waals surface area (Å²) >= 11 is 0. The first kappa shape index (κ1) is 9.53. The van der Waals surface area contributed by atoms with E-state index in [0.29, 0.717) is 6.04 Å². The molecule has 0 bridgehead atoms. The van der Waals surface area contributed by atoms with Crippen LogP contribution >= 0.6 is 0 Å². The molecule has 0 amide bonds. The van der Waals surface area contributed by atoms with Crippen LogP contribution in [-0.2, 0) is 0 Å². The highest BCUT2D eigenvalue weighted by atomic mass is 15.2. The summed E-state index contributed by atoms with van der Waals surface area (Å²) in [4.78, 5) is 2.44. The van der Waals surface area contributed by atoms with E-state index < -0.39 is 0 Å². The molecule has 1 unspecified atom stereocenters. The van der Waals surface area contributed by atoms with Crippen molar-refractivity contribution in [2.24, 2.45) is 0 Å². The Kier molecular flexibility index (Phi) is 2.73. The van der Waals surface area contributed by atoms with E-state index >= 15 is 0 Å². The van der Waals surface area contributed by atoms with Gasteiger partial charge in [-0.1, -0.05) is 12.1 Å². The number of hydrogen-bond acceptors (Lipinski definition) is 1. The molecular weight excluding hydrogens is 172 g/mol. The molecule has 0 N–H and O–H groups in total. The lowest BCUT2D eigenvalue weighted by Gasteiger charge is -2.35. The van der Waals surface area contributed by atoms with Gasteiger partial charge in [0.25, 0.3) is 0 Å². The highest BCUT2D eigenvalue weighted by Gasteiger charge is 2.18. The zero-order valence-corrected chi connectivity index (χ0v) is 8.90. The third-order valence-corrected chi connectivity index (χ3v) is 2.76. The van der Waals surface area contributed by atoms with Crippen molar-refractivity contribution < 1.29 is 0 Å². The summed E-state index contributed by atoms with van der Waals surface area (Å²) < 4.78 is 0. The maximum Gasteiger partial charge on any atom is 0.0403 e. The lowest BCUT2D eigenvalue weighted by atomic mass is 10.1. The third-order valence-electron chi connectivity index (χ3n) is 2.76. The average molecular weight is 189 g/mol. The minimum Gasteiger partial charge on any atom is -0.366 e. The van der Waals surface area contributed by atoms with E-state index in [1.165, 1.54) is 11.3 Å². The number of piperazine rings is 1. The lowest BCUT2D eigenvalue weighted by Crippen LogP contribution is -2.47. The Morgan fingerprint density at radius 3 is 3.00 bits per heavy atom. The molecular formula is C12H17N2. The van der Waals surface area contributed by atoms with E-state index in [9.17, 15) is 0 Å². The Labute approximate surface area is 85.9 Å². The number of rotatable bonds is 1. The van der Waals surface area contributed by atoms with Gasteiger partial charge in [-0.2, -0.15) is 0 Å². The summed E-state index contributed by atoms with van der Waals surface area (Å²) in [5, 5.41) is 4.41. The van der Waals surface area contributed by atoms with Crippen molar-refractivity contribution in [3.63, 3.8) is 0 Å². The molecule has 0 aliphatic carbocycles. The molecule has 1 radical (unpaired) electrons. The molecule has 1 aliphatic heterocycles. The molecule has 1 atom stereocenters. The fraction of sp³-hybridized carbons (Fsp3) is 0.500. The van der Waals surface area contributed by atoms with Crippen molar-refractivity contribution in [1.29, 1.82) is 0 Å². The number of nitrogens with zero attached hydrogens (tertiary/aromatic N) is 2. The van der Waals surface area contributed by atoms with Gasteiger partial charge in [0.15, 0.2) is 0 Å². The molecule has 2 rings (SSSR count). The van der Waals surface area contributed by atoms with Crippen molar-refractivity contribution in [3.05, 3.63) is 29.8 Å². The minimum atomic E-state index is 0.547. The first-order valence-electron chi connectivity index (χ1n) is 5.24. The second kappa shape index (κ2) is 4.01. The van der Waals surface area contributed by atoms with Crippen LogP contribution in [0.4, 0.5) is 5.69 Å². The number of benzene rings is 1. The normalized spacial score (nSPS) is 22.4. The lowest BCUT2D eigenvalue weighted by molar-refractivity contribution is 0.493. The average Bonchev–Trinajstić information content (AvgIpc) is 2.18. The van der Waals surface area contributed by atoms with Crippen LogP contribution in [-0.4, -0.2) is 25.7 Å². The standard InChI is InChI=1S/C12H17N2/c1-10-4-3-5-12(8-10)14-7-6-13-9-11(14)2/h3-5,8,11H,6-7,9H2,1-2H3. The maximum atomic E-state index is 4.41. The van der Waals surface area contributed by atoms with Crippen LogP contribution in [0.15, 0.2) is 24.3 Å². The molecule has 14 heavy (non-hydrogen) atoms. The molecule has 2 heteroatoms. The van der Waals surface area contributed by atoms with Crippen LogP contribution in [0.2, 0.25) is 0 Å². The van der Waals surface area contributed by atoms with E-state index in [0.717, 1.165) is 19.6 Å². The molecule has 0 saturated carbocycles. The van der Waals surface area contributed by atoms with Gasteiger partial charge >= 0.3 is 0 Å². The van der Waals surface area contributed by atoms with Gasteiger partial charge in [0, 0.05) is 31.4 Å². The van der Waals surface area contributed by atoms with Gasteiger partial charge in [-0.15, -0.1) is 0 Å². The second-order valence-electron chi connectivity index (χ2n) is 4.01. The Morgan fingerprint density at radius 1 is 1.43 bits per heavy atom. The Balaban J connectivity index is 2.20. The molecule has 75 valence electrons. The SMILES string of the molecule is Cc1cccc(N2CC[N]CC2C)c1. The van der Waals surface area contributed by atoms with Crippen LogP contribution in [0, 0.1) is 6.92 Å². The number of anilines is 1. The fourth-order valence-corrected chi connectivity index (χ4v) is 1.97. The summed E-state index contributed by atoms with van der Waals surface area (Å²) in [7, 11) is 0. The zero-order chi connectivity index (χ0) is 9.97. The smallest absolute Gasteiger partial charge is 0.0403 e. The Morgan fingerprint density at radius 2 is 2.29 bits per heavy atom. The summed E-state index contributed by atoms with van der Waals surface area (Å²) in [5.41, 5.74) is 2.67. The Bertz CT molecular complexity index is 309. The quantitative estimate of drug-likeness (QED) is 0.658. The van der Waals surface area contributed by atoms with Crippen molar-refractivity contribution >= 4 is 5.69 Å². The monoisotopic (exact) mass is 189 g/mol. The summed E-state index contributed by atoms with van der Waals surface area (Å²) in [6.45, 7) is 7.38. The van der Waals surface area contributed by atoms with E-state index in [-0.39, 0.29) is 0 Å². The van der Waals surface area contributed by atoms with Crippen molar-refractivity contribution in [1.82, 2.24) is 5.32 Å². The molecule has 1 heterocycles. The molecule has 1 fully saturated rings. The largest absolute Gasteiger partial charge is 0.366 e. The summed E-state index contributed by atoms with van der Waals surface area (Å²) in [6, 6.07) is 9.26. The number of hydrogen-bond donors (Lipinski definition) is 0. The summed E-state index contributed by atoms with van der Waals surface area (Å²) in [6.07, 6.45) is 0. The predicted octanol–water partition coefficient (Wildman–Crippen LogP) is 1.81. The van der Waals surface area contributed by atoms with E-state index in [2.05, 4.69) is 48.3 Å². The fourth-order valence-electron chi connectivity index (χ4n) is 1.97. The highest BCUT2D eigenvalue weighted by Crippen LogP contribution is 2.19.